The predicted molar refractivity (Wildman–Crippen MR) is 66.3 cm³/mol. The molecule has 0 radical (unpaired) electrons. The molecule has 0 bridgehead atoms. The number of anilines is 1. The van der Waals surface area contributed by atoms with Gasteiger partial charge < -0.3 is 10.2 Å². The van der Waals surface area contributed by atoms with Gasteiger partial charge in [0.1, 0.15) is 11.0 Å². The third-order valence-electron chi connectivity index (χ3n) is 3.81. The average molecular weight is 238 g/mol. The number of aromatic nitrogens is 1. The maximum absolute atomic E-state index is 6.00. The second kappa shape index (κ2) is 3.60. The molecule has 0 spiro atoms. The van der Waals surface area contributed by atoms with Crippen LogP contribution in [0.25, 0.3) is 0 Å². The second-order valence-corrected chi connectivity index (χ2v) is 5.20. The highest BCUT2D eigenvalue weighted by Crippen LogP contribution is 2.41. The Morgan fingerprint density at radius 1 is 1.38 bits per heavy atom. The molecule has 16 heavy (non-hydrogen) atoms. The molecule has 86 valence electrons. The summed E-state index contributed by atoms with van der Waals surface area (Å²) in [5.74, 6) is 1.63. The number of rotatable bonds is 0. The topological polar surface area (TPSA) is 28.2 Å². The fraction of sp³-hybridized carbons (Fsp3) is 0.583. The first-order valence-corrected chi connectivity index (χ1v) is 6.22. The third-order valence-corrected chi connectivity index (χ3v) is 4.02. The van der Waals surface area contributed by atoms with E-state index in [4.69, 9.17) is 11.6 Å². The third kappa shape index (κ3) is 1.35. The summed E-state index contributed by atoms with van der Waals surface area (Å²) >= 11 is 6.00. The molecular formula is C12H16ClN3. The fourth-order valence-corrected chi connectivity index (χ4v) is 3.10. The first-order valence-electron chi connectivity index (χ1n) is 5.84. The molecule has 3 nitrogen and oxygen atoms in total. The quantitative estimate of drug-likeness (QED) is 0.700. The first-order chi connectivity index (χ1) is 7.68. The van der Waals surface area contributed by atoms with E-state index in [0.29, 0.717) is 23.2 Å². The summed E-state index contributed by atoms with van der Waals surface area (Å²) in [4.78, 5) is 6.94. The maximum atomic E-state index is 6.00. The van der Waals surface area contributed by atoms with Crippen LogP contribution in [0.3, 0.4) is 0 Å². The van der Waals surface area contributed by atoms with Gasteiger partial charge in [0.2, 0.25) is 0 Å². The van der Waals surface area contributed by atoms with Crippen LogP contribution in [-0.4, -0.2) is 30.2 Å². The Labute approximate surface area is 101 Å². The summed E-state index contributed by atoms with van der Waals surface area (Å²) in [6.45, 7) is 6.58. The summed E-state index contributed by atoms with van der Waals surface area (Å²) < 4.78 is 0. The number of nitrogens with zero attached hydrogens (tertiary/aromatic N) is 2. The summed E-state index contributed by atoms with van der Waals surface area (Å²) in [5, 5.41) is 4.08. The Balaban J connectivity index is 2.10. The van der Waals surface area contributed by atoms with Crippen LogP contribution in [0, 0.1) is 0 Å². The summed E-state index contributed by atoms with van der Waals surface area (Å²) in [6.07, 6.45) is 0. The second-order valence-electron chi connectivity index (χ2n) is 4.82. The van der Waals surface area contributed by atoms with Crippen LogP contribution in [0.15, 0.2) is 12.1 Å². The van der Waals surface area contributed by atoms with Crippen molar-refractivity contribution in [3.8, 4) is 0 Å². The standard InChI is InChI=1S/C12H16ClN3/c1-7-5-14-6-10-8(2)9-3-4-11(13)15-12(9)16(7)10/h3-4,7-8,10,14H,5-6H2,1-2H3. The van der Waals surface area contributed by atoms with Crippen molar-refractivity contribution in [2.24, 2.45) is 0 Å². The van der Waals surface area contributed by atoms with Gasteiger partial charge in [0.15, 0.2) is 0 Å². The molecule has 0 aromatic carbocycles. The molecule has 0 aliphatic carbocycles. The van der Waals surface area contributed by atoms with Gasteiger partial charge in [0.05, 0.1) is 0 Å². The van der Waals surface area contributed by atoms with Crippen molar-refractivity contribution in [2.75, 3.05) is 18.0 Å². The largest absolute Gasteiger partial charge is 0.347 e. The van der Waals surface area contributed by atoms with Crippen molar-refractivity contribution in [2.45, 2.75) is 31.8 Å². The minimum Gasteiger partial charge on any atom is -0.347 e. The summed E-state index contributed by atoms with van der Waals surface area (Å²) in [6, 6.07) is 5.05. The van der Waals surface area contributed by atoms with Crippen molar-refractivity contribution in [1.29, 1.82) is 0 Å². The minimum absolute atomic E-state index is 0.494. The summed E-state index contributed by atoms with van der Waals surface area (Å²) in [5.41, 5.74) is 1.34. The van der Waals surface area contributed by atoms with Gasteiger partial charge in [-0.15, -0.1) is 0 Å². The molecule has 3 heterocycles. The van der Waals surface area contributed by atoms with Crippen LogP contribution in [0.2, 0.25) is 5.15 Å². The van der Waals surface area contributed by atoms with Crippen LogP contribution in [0.4, 0.5) is 5.82 Å². The van der Waals surface area contributed by atoms with E-state index in [1.165, 1.54) is 5.56 Å². The average Bonchev–Trinajstić information content (AvgIpc) is 2.54. The van der Waals surface area contributed by atoms with Gasteiger partial charge in [0.25, 0.3) is 0 Å². The molecule has 0 saturated carbocycles. The molecular weight excluding hydrogens is 222 g/mol. The summed E-state index contributed by atoms with van der Waals surface area (Å²) in [7, 11) is 0. The highest BCUT2D eigenvalue weighted by Gasteiger charge is 2.41. The van der Waals surface area contributed by atoms with Crippen LogP contribution >= 0.6 is 11.6 Å². The minimum atomic E-state index is 0.494. The van der Waals surface area contributed by atoms with E-state index in [2.05, 4.69) is 35.1 Å². The van der Waals surface area contributed by atoms with Crippen LogP contribution in [0.1, 0.15) is 25.3 Å². The number of nitrogens with one attached hydrogen (secondary N) is 1. The Hall–Kier alpha value is -0.800. The first kappa shape index (κ1) is 10.4. The SMILES string of the molecule is CC1c2ccc(Cl)nc2N2C(C)CNCC12. The zero-order valence-electron chi connectivity index (χ0n) is 9.57. The predicted octanol–water partition coefficient (Wildman–Crippen LogP) is 2.02. The molecule has 3 rings (SSSR count). The number of pyridine rings is 1. The highest BCUT2D eigenvalue weighted by atomic mass is 35.5. The Bertz CT molecular complexity index is 421. The van der Waals surface area contributed by atoms with Gasteiger partial charge in [-0.3, -0.25) is 0 Å². The zero-order chi connectivity index (χ0) is 11.3. The molecule has 1 aromatic rings. The van der Waals surface area contributed by atoms with Crippen molar-refractivity contribution in [3.63, 3.8) is 0 Å². The molecule has 0 amide bonds. The smallest absolute Gasteiger partial charge is 0.134 e. The monoisotopic (exact) mass is 237 g/mol. The van der Waals surface area contributed by atoms with E-state index >= 15 is 0 Å². The number of hydrogen-bond donors (Lipinski definition) is 1. The van der Waals surface area contributed by atoms with Crippen LogP contribution < -0.4 is 10.2 Å². The van der Waals surface area contributed by atoms with E-state index in [0.717, 1.165) is 18.9 Å². The van der Waals surface area contributed by atoms with E-state index in [1.807, 2.05) is 6.07 Å². The molecule has 4 heteroatoms. The van der Waals surface area contributed by atoms with Gasteiger partial charge in [-0.05, 0) is 18.6 Å². The Kier molecular flexibility index (Phi) is 2.33. The van der Waals surface area contributed by atoms with Crippen molar-refractivity contribution < 1.29 is 0 Å². The Morgan fingerprint density at radius 3 is 3.00 bits per heavy atom. The lowest BCUT2D eigenvalue weighted by atomic mass is 9.97. The molecule has 3 atom stereocenters. The van der Waals surface area contributed by atoms with Gasteiger partial charge in [0, 0.05) is 31.1 Å². The molecule has 1 saturated heterocycles. The zero-order valence-corrected chi connectivity index (χ0v) is 10.3. The van der Waals surface area contributed by atoms with Crippen LogP contribution in [0.5, 0.6) is 0 Å². The normalized spacial score (nSPS) is 32.4. The number of hydrogen-bond acceptors (Lipinski definition) is 3. The number of halogens is 1. The fourth-order valence-electron chi connectivity index (χ4n) is 2.95. The number of piperazine rings is 1. The van der Waals surface area contributed by atoms with Gasteiger partial charge in [-0.2, -0.15) is 0 Å². The lowest BCUT2D eigenvalue weighted by Gasteiger charge is -2.39. The van der Waals surface area contributed by atoms with Gasteiger partial charge in [-0.25, -0.2) is 4.98 Å². The molecule has 1 N–H and O–H groups in total. The van der Waals surface area contributed by atoms with Gasteiger partial charge in [-0.1, -0.05) is 24.6 Å². The molecule has 2 aliphatic rings. The lowest BCUT2D eigenvalue weighted by molar-refractivity contribution is 0.401. The van der Waals surface area contributed by atoms with Crippen molar-refractivity contribution in [1.82, 2.24) is 10.3 Å². The molecule has 1 aromatic heterocycles. The van der Waals surface area contributed by atoms with E-state index in [-0.39, 0.29) is 0 Å². The number of fused-ring (bicyclic) bond motifs is 3. The molecule has 1 fully saturated rings. The maximum Gasteiger partial charge on any atom is 0.134 e. The van der Waals surface area contributed by atoms with E-state index in [9.17, 15) is 0 Å². The van der Waals surface area contributed by atoms with E-state index < -0.39 is 0 Å². The Morgan fingerprint density at radius 2 is 2.19 bits per heavy atom. The highest BCUT2D eigenvalue weighted by molar-refractivity contribution is 6.29. The molecule has 2 aliphatic heterocycles. The van der Waals surface area contributed by atoms with Crippen molar-refractivity contribution in [3.05, 3.63) is 22.8 Å². The lowest BCUT2D eigenvalue weighted by Crippen LogP contribution is -2.55. The van der Waals surface area contributed by atoms with Crippen molar-refractivity contribution >= 4 is 17.4 Å². The van der Waals surface area contributed by atoms with Crippen LogP contribution in [-0.2, 0) is 0 Å². The molecule has 3 unspecified atom stereocenters. The van der Waals surface area contributed by atoms with E-state index in [1.54, 1.807) is 0 Å². The van der Waals surface area contributed by atoms with Gasteiger partial charge >= 0.3 is 0 Å².